The summed E-state index contributed by atoms with van der Waals surface area (Å²) in [5.74, 6) is 0.443. The number of aryl methyl sites for hydroxylation is 1. The molecule has 5 nitrogen and oxygen atoms in total. The molecule has 1 heterocycles. The first-order chi connectivity index (χ1) is 12.5. The van der Waals surface area contributed by atoms with E-state index in [0.29, 0.717) is 22.2 Å². The molecule has 134 valence electrons. The molecule has 0 aliphatic rings. The molecule has 0 aliphatic carbocycles. The Kier molecular flexibility index (Phi) is 5.48. The number of thiazole rings is 1. The van der Waals surface area contributed by atoms with Crippen LogP contribution >= 0.6 is 11.3 Å². The van der Waals surface area contributed by atoms with Crippen LogP contribution in [-0.2, 0) is 6.61 Å². The van der Waals surface area contributed by atoms with Crippen LogP contribution in [0.2, 0.25) is 0 Å². The van der Waals surface area contributed by atoms with Gasteiger partial charge in [-0.3, -0.25) is 4.79 Å². The van der Waals surface area contributed by atoms with E-state index in [1.54, 1.807) is 18.6 Å². The first kappa shape index (κ1) is 17.9. The molecule has 0 spiro atoms. The monoisotopic (exact) mass is 372 g/mol. The highest BCUT2D eigenvalue weighted by Crippen LogP contribution is 2.28. The summed E-state index contributed by atoms with van der Waals surface area (Å²) >= 11 is 1.32. The van der Waals surface area contributed by atoms with Gasteiger partial charge in [-0.25, -0.2) is 9.37 Å². The number of benzene rings is 2. The van der Waals surface area contributed by atoms with Crippen molar-refractivity contribution in [2.24, 2.45) is 0 Å². The van der Waals surface area contributed by atoms with Crippen LogP contribution in [0.4, 0.5) is 10.1 Å². The van der Waals surface area contributed by atoms with Gasteiger partial charge >= 0.3 is 0 Å². The Balaban J connectivity index is 1.63. The lowest BCUT2D eigenvalue weighted by atomic mass is 10.2. The number of ether oxygens (including phenoxy) is 2. The van der Waals surface area contributed by atoms with E-state index < -0.39 is 11.7 Å². The third kappa shape index (κ3) is 4.37. The molecule has 0 fully saturated rings. The van der Waals surface area contributed by atoms with Gasteiger partial charge in [0.1, 0.15) is 23.1 Å². The summed E-state index contributed by atoms with van der Waals surface area (Å²) in [6, 6.07) is 11.3. The lowest BCUT2D eigenvalue weighted by molar-refractivity contribution is 0.102. The van der Waals surface area contributed by atoms with E-state index in [4.69, 9.17) is 9.47 Å². The van der Waals surface area contributed by atoms with Crippen LogP contribution in [0.25, 0.3) is 0 Å². The predicted octanol–water partition coefficient (Wildman–Crippen LogP) is 4.43. The molecule has 0 bridgehead atoms. The van der Waals surface area contributed by atoms with Crippen LogP contribution in [0.1, 0.15) is 21.1 Å². The normalized spacial score (nSPS) is 10.4. The molecule has 1 N–H and O–H groups in total. The molecule has 0 atom stereocenters. The number of nitrogens with zero attached hydrogens (tertiary/aromatic N) is 1. The van der Waals surface area contributed by atoms with E-state index in [-0.39, 0.29) is 12.3 Å². The van der Waals surface area contributed by atoms with Gasteiger partial charge < -0.3 is 14.8 Å². The summed E-state index contributed by atoms with van der Waals surface area (Å²) in [5, 5.41) is 4.90. The molecular weight excluding hydrogens is 355 g/mol. The average molecular weight is 372 g/mol. The van der Waals surface area contributed by atoms with E-state index in [1.807, 2.05) is 25.1 Å². The van der Waals surface area contributed by atoms with Gasteiger partial charge in [0.15, 0.2) is 11.5 Å². The number of rotatable bonds is 6. The number of carbonyl (C=O) groups excluding carboxylic acids is 1. The summed E-state index contributed by atoms with van der Waals surface area (Å²) < 4.78 is 24.2. The third-order valence-corrected chi connectivity index (χ3v) is 4.36. The van der Waals surface area contributed by atoms with Crippen molar-refractivity contribution in [1.29, 1.82) is 0 Å². The standard InChI is InChI=1S/C19H17FN2O3S/c1-12-6-7-16(17(8-12)24-2)25-10-18-22-15(11-26-18)19(23)21-14-5-3-4-13(20)9-14/h3-9,11H,10H2,1-2H3,(H,21,23). The summed E-state index contributed by atoms with van der Waals surface area (Å²) in [6.07, 6.45) is 0. The minimum atomic E-state index is -0.415. The molecule has 2 aromatic carbocycles. The topological polar surface area (TPSA) is 60.5 Å². The van der Waals surface area contributed by atoms with Crippen molar-refractivity contribution in [3.05, 3.63) is 69.9 Å². The number of hydrogen-bond acceptors (Lipinski definition) is 5. The minimum Gasteiger partial charge on any atom is -0.493 e. The van der Waals surface area contributed by atoms with Crippen LogP contribution in [0.15, 0.2) is 47.8 Å². The van der Waals surface area contributed by atoms with Crippen LogP contribution in [0, 0.1) is 12.7 Å². The zero-order chi connectivity index (χ0) is 18.5. The third-order valence-electron chi connectivity index (χ3n) is 3.54. The van der Waals surface area contributed by atoms with Crippen molar-refractivity contribution < 1.29 is 18.7 Å². The summed E-state index contributed by atoms with van der Waals surface area (Å²) in [6.45, 7) is 2.19. The van der Waals surface area contributed by atoms with Crippen LogP contribution in [-0.4, -0.2) is 18.0 Å². The number of halogens is 1. The van der Waals surface area contributed by atoms with Crippen LogP contribution in [0.5, 0.6) is 11.5 Å². The first-order valence-corrected chi connectivity index (χ1v) is 8.72. The van der Waals surface area contributed by atoms with Crippen LogP contribution in [0.3, 0.4) is 0 Å². The Labute approximate surface area is 154 Å². The molecule has 0 radical (unpaired) electrons. The predicted molar refractivity (Wildman–Crippen MR) is 98.5 cm³/mol. The van der Waals surface area contributed by atoms with E-state index in [9.17, 15) is 9.18 Å². The second-order valence-electron chi connectivity index (χ2n) is 5.53. The van der Waals surface area contributed by atoms with Crippen molar-refractivity contribution in [2.75, 3.05) is 12.4 Å². The highest BCUT2D eigenvalue weighted by Gasteiger charge is 2.13. The second-order valence-corrected chi connectivity index (χ2v) is 6.48. The quantitative estimate of drug-likeness (QED) is 0.695. The lowest BCUT2D eigenvalue weighted by Crippen LogP contribution is -2.12. The number of aromatic nitrogens is 1. The van der Waals surface area contributed by atoms with Gasteiger partial charge in [-0.15, -0.1) is 11.3 Å². The highest BCUT2D eigenvalue weighted by atomic mass is 32.1. The van der Waals surface area contributed by atoms with Crippen molar-refractivity contribution in [3.8, 4) is 11.5 Å². The lowest BCUT2D eigenvalue weighted by Gasteiger charge is -2.10. The Morgan fingerprint density at radius 3 is 2.85 bits per heavy atom. The Morgan fingerprint density at radius 1 is 1.23 bits per heavy atom. The van der Waals surface area contributed by atoms with E-state index >= 15 is 0 Å². The maximum absolute atomic E-state index is 13.2. The number of nitrogens with one attached hydrogen (secondary N) is 1. The fourth-order valence-electron chi connectivity index (χ4n) is 2.28. The van der Waals surface area contributed by atoms with Gasteiger partial charge in [0.25, 0.3) is 5.91 Å². The van der Waals surface area contributed by atoms with E-state index in [2.05, 4.69) is 10.3 Å². The maximum Gasteiger partial charge on any atom is 0.275 e. The van der Waals surface area contributed by atoms with Crippen molar-refractivity contribution in [1.82, 2.24) is 4.98 Å². The SMILES string of the molecule is COc1cc(C)ccc1OCc1nc(C(=O)Nc2cccc(F)c2)cs1. The van der Waals surface area contributed by atoms with E-state index in [1.165, 1.54) is 29.5 Å². The van der Waals surface area contributed by atoms with Gasteiger partial charge in [-0.1, -0.05) is 12.1 Å². The fourth-order valence-corrected chi connectivity index (χ4v) is 2.96. The van der Waals surface area contributed by atoms with E-state index in [0.717, 1.165) is 5.56 Å². The molecule has 7 heteroatoms. The number of carbonyl (C=O) groups is 1. The smallest absolute Gasteiger partial charge is 0.275 e. The molecule has 0 unspecified atom stereocenters. The van der Waals surface area contributed by atoms with Gasteiger partial charge in [-0.2, -0.15) is 0 Å². The fraction of sp³-hybridized carbons (Fsp3) is 0.158. The Morgan fingerprint density at radius 2 is 2.08 bits per heavy atom. The summed E-state index contributed by atoms with van der Waals surface area (Å²) in [7, 11) is 1.58. The van der Waals surface area contributed by atoms with Crippen LogP contribution < -0.4 is 14.8 Å². The number of hydrogen-bond donors (Lipinski definition) is 1. The number of anilines is 1. The number of amides is 1. The van der Waals surface area contributed by atoms with Gasteiger partial charge in [0.2, 0.25) is 0 Å². The molecule has 0 aliphatic heterocycles. The first-order valence-electron chi connectivity index (χ1n) is 7.84. The molecule has 3 rings (SSSR count). The van der Waals surface area contributed by atoms with Crippen molar-refractivity contribution in [2.45, 2.75) is 13.5 Å². The zero-order valence-corrected chi connectivity index (χ0v) is 15.1. The number of methoxy groups -OCH3 is 1. The second kappa shape index (κ2) is 7.97. The van der Waals surface area contributed by atoms with Gasteiger partial charge in [0.05, 0.1) is 7.11 Å². The Hall–Kier alpha value is -2.93. The molecule has 0 saturated heterocycles. The molecule has 26 heavy (non-hydrogen) atoms. The average Bonchev–Trinajstić information content (AvgIpc) is 3.09. The van der Waals surface area contributed by atoms with Gasteiger partial charge in [-0.05, 0) is 42.8 Å². The molecule has 0 saturated carbocycles. The maximum atomic E-state index is 13.2. The van der Waals surface area contributed by atoms with Crippen molar-refractivity contribution in [3.63, 3.8) is 0 Å². The molecule has 1 aromatic heterocycles. The summed E-state index contributed by atoms with van der Waals surface area (Å²) in [5.41, 5.74) is 1.71. The highest BCUT2D eigenvalue weighted by molar-refractivity contribution is 7.09. The molecular formula is C19H17FN2O3S. The van der Waals surface area contributed by atoms with Crippen molar-refractivity contribution >= 4 is 22.9 Å². The summed E-state index contributed by atoms with van der Waals surface area (Å²) in [4.78, 5) is 16.5. The largest absolute Gasteiger partial charge is 0.493 e. The molecule has 3 aromatic rings. The Bertz CT molecular complexity index is 927. The van der Waals surface area contributed by atoms with Gasteiger partial charge in [0, 0.05) is 11.1 Å². The minimum absolute atomic E-state index is 0.220. The molecule has 1 amide bonds. The zero-order valence-electron chi connectivity index (χ0n) is 14.3.